The van der Waals surface area contributed by atoms with E-state index in [2.05, 4.69) is 20.6 Å². The van der Waals surface area contributed by atoms with Crippen LogP contribution in [0.4, 0.5) is 4.39 Å². The third-order valence-corrected chi connectivity index (χ3v) is 1.43. The van der Waals surface area contributed by atoms with E-state index in [1.165, 1.54) is 6.07 Å². The Morgan fingerprint density at radius 3 is 2.62 bits per heavy atom. The second-order valence-corrected chi connectivity index (χ2v) is 2.18. The van der Waals surface area contributed by atoms with Gasteiger partial charge in [0.25, 0.3) is 0 Å². The van der Waals surface area contributed by atoms with Gasteiger partial charge < -0.3 is 5.10 Å². The van der Waals surface area contributed by atoms with Gasteiger partial charge in [0.2, 0.25) is 0 Å². The Kier molecular flexibility index (Phi) is 3.53. The van der Waals surface area contributed by atoms with Crippen LogP contribution in [0.2, 0.25) is 0 Å². The maximum atomic E-state index is 13.0. The summed E-state index contributed by atoms with van der Waals surface area (Å²) in [6.45, 7) is 0. The SMILES string of the molecule is Fc1ccccc1-c1nnn[n-]1.[Na+]. The van der Waals surface area contributed by atoms with Gasteiger partial charge in [-0.2, -0.15) is 5.21 Å². The van der Waals surface area contributed by atoms with Gasteiger partial charge in [0.15, 0.2) is 0 Å². The Hall–Kier alpha value is -0.780. The number of nitrogens with zero attached hydrogens (tertiary/aromatic N) is 4. The van der Waals surface area contributed by atoms with Crippen LogP contribution in [0.3, 0.4) is 0 Å². The summed E-state index contributed by atoms with van der Waals surface area (Å²) in [5.74, 6) is -0.152. The molecule has 0 aliphatic rings. The first-order valence-electron chi connectivity index (χ1n) is 3.31. The van der Waals surface area contributed by atoms with Crippen molar-refractivity contribution in [1.29, 1.82) is 0 Å². The van der Waals surface area contributed by atoms with Crippen molar-refractivity contribution in [3.63, 3.8) is 0 Å². The summed E-state index contributed by atoms with van der Waals surface area (Å²) in [6.07, 6.45) is 0. The topological polar surface area (TPSA) is 52.8 Å². The van der Waals surface area contributed by atoms with Crippen LogP contribution in [0.15, 0.2) is 24.3 Å². The van der Waals surface area contributed by atoms with Crippen molar-refractivity contribution in [3.05, 3.63) is 30.1 Å². The molecule has 0 spiro atoms. The van der Waals surface area contributed by atoms with Gasteiger partial charge in [0, 0.05) is 11.4 Å². The van der Waals surface area contributed by atoms with Gasteiger partial charge in [0.1, 0.15) is 5.82 Å². The molecule has 0 unspecified atom stereocenters. The van der Waals surface area contributed by atoms with Gasteiger partial charge in [-0.05, 0) is 6.07 Å². The first-order valence-corrected chi connectivity index (χ1v) is 3.31. The molecule has 0 saturated heterocycles. The van der Waals surface area contributed by atoms with Gasteiger partial charge in [-0.3, -0.25) is 10.3 Å². The molecule has 1 heterocycles. The molecule has 0 atom stereocenters. The molecule has 6 heteroatoms. The zero-order valence-electron chi connectivity index (χ0n) is 6.98. The largest absolute Gasteiger partial charge is 1.00 e. The van der Waals surface area contributed by atoms with Crippen LogP contribution in [-0.2, 0) is 0 Å². The van der Waals surface area contributed by atoms with Crippen LogP contribution in [0.25, 0.3) is 11.4 Å². The summed E-state index contributed by atoms with van der Waals surface area (Å²) in [4.78, 5) is 0. The zero-order valence-corrected chi connectivity index (χ0v) is 8.98. The number of rotatable bonds is 1. The molecular formula is C7H4FN4Na. The van der Waals surface area contributed by atoms with Crippen LogP contribution in [0, 0.1) is 5.82 Å². The van der Waals surface area contributed by atoms with Gasteiger partial charge in [-0.1, -0.05) is 18.2 Å². The monoisotopic (exact) mass is 186 g/mol. The number of tetrazole rings is 1. The third-order valence-electron chi connectivity index (χ3n) is 1.43. The summed E-state index contributed by atoms with van der Waals surface area (Å²) in [7, 11) is 0. The van der Waals surface area contributed by atoms with Crippen molar-refractivity contribution in [2.24, 2.45) is 0 Å². The molecule has 0 N–H and O–H groups in total. The molecule has 0 bridgehead atoms. The molecule has 1 aromatic carbocycles. The Morgan fingerprint density at radius 1 is 1.23 bits per heavy atom. The number of aromatic nitrogens is 4. The van der Waals surface area contributed by atoms with Gasteiger partial charge >= 0.3 is 29.6 Å². The first-order chi connectivity index (χ1) is 5.88. The van der Waals surface area contributed by atoms with E-state index < -0.39 is 0 Å². The van der Waals surface area contributed by atoms with E-state index in [0.29, 0.717) is 5.56 Å². The molecule has 2 aromatic rings. The predicted molar refractivity (Wildman–Crippen MR) is 38.5 cm³/mol. The minimum absolute atomic E-state index is 0. The van der Waals surface area contributed by atoms with Crippen molar-refractivity contribution < 1.29 is 33.9 Å². The first kappa shape index (κ1) is 10.3. The van der Waals surface area contributed by atoms with Crippen molar-refractivity contribution in [1.82, 2.24) is 20.6 Å². The third kappa shape index (κ3) is 2.12. The molecule has 0 aliphatic heterocycles. The van der Waals surface area contributed by atoms with Gasteiger partial charge in [0.05, 0.1) is 0 Å². The second kappa shape index (κ2) is 4.45. The van der Waals surface area contributed by atoms with Crippen molar-refractivity contribution in [2.45, 2.75) is 0 Å². The Labute approximate surface area is 95.8 Å². The van der Waals surface area contributed by atoms with E-state index in [9.17, 15) is 4.39 Å². The molecule has 1 aromatic heterocycles. The summed E-state index contributed by atoms with van der Waals surface area (Å²) < 4.78 is 13.0. The fraction of sp³-hybridized carbons (Fsp3) is 0. The number of halogens is 1. The van der Waals surface area contributed by atoms with E-state index in [-0.39, 0.29) is 41.2 Å². The zero-order chi connectivity index (χ0) is 8.39. The van der Waals surface area contributed by atoms with Crippen LogP contribution >= 0.6 is 0 Å². The predicted octanol–water partition coefficient (Wildman–Crippen LogP) is -2.36. The maximum Gasteiger partial charge on any atom is 1.00 e. The smallest absolute Gasteiger partial charge is 0.330 e. The maximum absolute atomic E-state index is 13.0. The molecule has 0 radical (unpaired) electrons. The summed E-state index contributed by atoms with van der Waals surface area (Å²) >= 11 is 0. The van der Waals surface area contributed by atoms with E-state index in [1.807, 2.05) is 0 Å². The molecule has 0 fully saturated rings. The Morgan fingerprint density at radius 2 is 2.00 bits per heavy atom. The van der Waals surface area contributed by atoms with Crippen LogP contribution < -0.4 is 34.7 Å². The average molecular weight is 186 g/mol. The minimum Gasteiger partial charge on any atom is -0.330 e. The van der Waals surface area contributed by atoms with E-state index in [1.54, 1.807) is 18.2 Å². The molecule has 0 amide bonds. The van der Waals surface area contributed by atoms with Crippen LogP contribution in [0.5, 0.6) is 0 Å². The van der Waals surface area contributed by atoms with Crippen molar-refractivity contribution in [3.8, 4) is 11.4 Å². The average Bonchev–Trinajstić information content (AvgIpc) is 2.57. The van der Waals surface area contributed by atoms with E-state index >= 15 is 0 Å². The van der Waals surface area contributed by atoms with Crippen LogP contribution in [-0.4, -0.2) is 15.5 Å². The molecule has 4 nitrogen and oxygen atoms in total. The minimum atomic E-state index is -0.368. The fourth-order valence-electron chi connectivity index (χ4n) is 0.895. The number of hydrogen-bond donors (Lipinski definition) is 0. The fourth-order valence-corrected chi connectivity index (χ4v) is 0.895. The quantitative estimate of drug-likeness (QED) is 0.467. The van der Waals surface area contributed by atoms with E-state index in [0.717, 1.165) is 0 Å². The normalized spacial score (nSPS) is 9.31. The van der Waals surface area contributed by atoms with Crippen LogP contribution in [0.1, 0.15) is 0 Å². The standard InChI is InChI=1S/C7H4FN4.Na/c8-6-4-2-1-3-5(6)7-9-11-12-10-7;/h1-4H;/q-1;+1. The summed E-state index contributed by atoms with van der Waals surface area (Å²) in [6, 6.07) is 6.22. The van der Waals surface area contributed by atoms with Crippen molar-refractivity contribution in [2.75, 3.05) is 0 Å². The number of benzene rings is 1. The summed E-state index contributed by atoms with van der Waals surface area (Å²) in [5, 5.41) is 13.6. The molecule has 13 heavy (non-hydrogen) atoms. The van der Waals surface area contributed by atoms with Gasteiger partial charge in [-0.15, -0.1) is 0 Å². The second-order valence-electron chi connectivity index (χ2n) is 2.18. The molecule has 0 aliphatic carbocycles. The Bertz CT molecular complexity index is 376. The molecular weight excluding hydrogens is 182 g/mol. The van der Waals surface area contributed by atoms with Crippen molar-refractivity contribution >= 4 is 0 Å². The number of hydrogen-bond acceptors (Lipinski definition) is 3. The molecule has 60 valence electrons. The molecule has 0 saturated carbocycles. The Balaban J connectivity index is 0.000000845. The summed E-state index contributed by atoms with van der Waals surface area (Å²) in [5.41, 5.74) is 0.322. The van der Waals surface area contributed by atoms with E-state index in [4.69, 9.17) is 0 Å². The van der Waals surface area contributed by atoms with Gasteiger partial charge in [-0.25, -0.2) is 4.39 Å². The molecule has 2 rings (SSSR count).